The third-order valence-electron chi connectivity index (χ3n) is 10.1. The molecule has 2 N–H and O–H groups in total. The van der Waals surface area contributed by atoms with E-state index >= 15 is 0 Å². The first-order chi connectivity index (χ1) is 24.0. The summed E-state index contributed by atoms with van der Waals surface area (Å²) in [6.45, 7) is 13.4. The van der Waals surface area contributed by atoms with Crippen LogP contribution in [0.5, 0.6) is 11.5 Å². The van der Waals surface area contributed by atoms with Gasteiger partial charge in [0.25, 0.3) is 5.91 Å². The monoisotopic (exact) mass is 743 g/mol. The molecule has 2 saturated carbocycles. The second-order valence-corrected chi connectivity index (χ2v) is 18.4. The van der Waals surface area contributed by atoms with Crippen molar-refractivity contribution in [2.75, 3.05) is 19.4 Å². The van der Waals surface area contributed by atoms with E-state index in [1.165, 1.54) is 4.90 Å². The van der Waals surface area contributed by atoms with Gasteiger partial charge in [0.2, 0.25) is 15.9 Å². The summed E-state index contributed by atoms with van der Waals surface area (Å²) in [5.74, 6) is 0.896. The molecule has 5 atom stereocenters. The van der Waals surface area contributed by atoms with Gasteiger partial charge in [-0.3, -0.25) is 24.2 Å². The van der Waals surface area contributed by atoms with Crippen LogP contribution in [0.1, 0.15) is 84.9 Å². The van der Waals surface area contributed by atoms with Gasteiger partial charge in [-0.2, -0.15) is 0 Å². The van der Waals surface area contributed by atoms with Gasteiger partial charge in [0.15, 0.2) is 0 Å². The number of sulfonamides is 1. The Morgan fingerprint density at radius 1 is 1.16 bits per heavy atom. The smallest absolute Gasteiger partial charge is 0.411 e. The lowest BCUT2D eigenvalue weighted by atomic mass is 10.1. The lowest BCUT2D eigenvalue weighted by Gasteiger charge is -2.29. The standard InChI is InChI=1S/C36H49N5O8S2/c1-9-21-16-36(21,33(43)40-51(45,46)23-10-11-23)39-31(42)27-14-22(17-41(27)34(44)49-35(5,6)7)48-29-15-25(32-38-26(18-50-32)19(2)3)37-30-20(4)28(47-8)13-12-24(29)30/h12-13,15,19,21-23,26-27H,9-11,14,16-18H2,1-8H3,(H,39,42)(H,40,43)/t21-,22-,26?,27+,36-/m1/s1. The average Bonchev–Trinajstić information content (AvgIpc) is 3.93. The molecular weight excluding hydrogens is 695 g/mol. The molecule has 1 saturated heterocycles. The number of rotatable bonds is 11. The molecule has 2 aliphatic carbocycles. The Morgan fingerprint density at radius 3 is 2.47 bits per heavy atom. The number of aliphatic imine (C=N–C) groups is 1. The number of aryl methyl sites for hydroxylation is 1. The Morgan fingerprint density at radius 2 is 1.88 bits per heavy atom. The van der Waals surface area contributed by atoms with Crippen molar-refractivity contribution >= 4 is 55.6 Å². The molecule has 2 aliphatic heterocycles. The van der Waals surface area contributed by atoms with Crippen LogP contribution in [0.2, 0.25) is 0 Å². The number of ether oxygens (including phenoxy) is 3. The molecule has 1 aromatic heterocycles. The maximum atomic E-state index is 14.1. The Balaban J connectivity index is 1.30. The molecule has 1 unspecified atom stereocenters. The van der Waals surface area contributed by atoms with Gasteiger partial charge in [-0.05, 0) is 70.9 Å². The van der Waals surface area contributed by atoms with Gasteiger partial charge in [0.1, 0.15) is 39.8 Å². The molecule has 51 heavy (non-hydrogen) atoms. The second kappa shape index (κ2) is 13.8. The molecule has 0 spiro atoms. The fourth-order valence-electron chi connectivity index (χ4n) is 6.81. The number of nitrogens with zero attached hydrogens (tertiary/aromatic N) is 3. The minimum absolute atomic E-state index is 0.0405. The molecule has 15 heteroatoms. The topological polar surface area (TPSA) is 166 Å². The summed E-state index contributed by atoms with van der Waals surface area (Å²) in [7, 11) is -2.22. The highest BCUT2D eigenvalue weighted by atomic mass is 32.2. The largest absolute Gasteiger partial charge is 0.496 e. The van der Waals surface area contributed by atoms with Crippen LogP contribution in [0.3, 0.4) is 0 Å². The number of hydrogen-bond acceptors (Lipinski definition) is 11. The lowest BCUT2D eigenvalue weighted by Crippen LogP contribution is -2.57. The number of likely N-dealkylation sites (tertiary alicyclic amines) is 1. The molecule has 1 aromatic carbocycles. The zero-order valence-corrected chi connectivity index (χ0v) is 32.2. The van der Waals surface area contributed by atoms with Crippen LogP contribution in [0, 0.1) is 18.8 Å². The molecule has 13 nitrogen and oxygen atoms in total. The highest BCUT2D eigenvalue weighted by Gasteiger charge is 2.62. The summed E-state index contributed by atoms with van der Waals surface area (Å²) in [6, 6.07) is 4.74. The normalized spacial score (nSPS) is 26.2. The summed E-state index contributed by atoms with van der Waals surface area (Å²) in [5.41, 5.74) is -0.00641. The van der Waals surface area contributed by atoms with E-state index < -0.39 is 56.5 Å². The first-order valence-corrected chi connectivity index (χ1v) is 20.2. The number of amides is 3. The van der Waals surface area contributed by atoms with Crippen molar-refractivity contribution in [1.29, 1.82) is 0 Å². The van der Waals surface area contributed by atoms with Crippen molar-refractivity contribution in [3.8, 4) is 11.5 Å². The van der Waals surface area contributed by atoms with E-state index in [2.05, 4.69) is 23.9 Å². The molecule has 0 radical (unpaired) electrons. The number of pyridine rings is 1. The number of carbonyl (C=O) groups excluding carboxylic acids is 3. The minimum Gasteiger partial charge on any atom is -0.496 e. The van der Waals surface area contributed by atoms with E-state index in [1.807, 2.05) is 32.0 Å². The number of nitrogens with one attached hydrogen (secondary N) is 2. The van der Waals surface area contributed by atoms with Crippen LogP contribution in [-0.2, 0) is 24.3 Å². The third-order valence-corrected chi connectivity index (χ3v) is 13.0. The van der Waals surface area contributed by atoms with Gasteiger partial charge < -0.3 is 19.5 Å². The molecule has 3 heterocycles. The predicted octanol–water partition coefficient (Wildman–Crippen LogP) is 4.72. The molecule has 6 rings (SSSR count). The van der Waals surface area contributed by atoms with Crippen molar-refractivity contribution in [3.63, 3.8) is 0 Å². The van der Waals surface area contributed by atoms with Gasteiger partial charge in [-0.25, -0.2) is 18.2 Å². The molecule has 2 aromatic rings. The second-order valence-electron chi connectivity index (χ2n) is 15.4. The number of aromatic nitrogens is 1. The van der Waals surface area contributed by atoms with E-state index in [9.17, 15) is 22.8 Å². The van der Waals surface area contributed by atoms with Crippen molar-refractivity contribution < 1.29 is 37.0 Å². The number of thioether (sulfide) groups is 1. The Hall–Kier alpha value is -3.59. The summed E-state index contributed by atoms with van der Waals surface area (Å²) in [6.07, 6.45) is 0.654. The maximum Gasteiger partial charge on any atom is 0.411 e. The SMILES string of the molecule is CC[C@@H]1C[C@]1(NC(=O)[C@@H]1C[C@@H](Oc2cc(C3=NC(C(C)C)CS3)nc3c(C)c(OC)ccc23)CN1C(=O)OC(C)(C)C)C(=O)NS(=O)(=O)C1CC1. The van der Waals surface area contributed by atoms with Crippen LogP contribution >= 0.6 is 11.8 Å². The van der Waals surface area contributed by atoms with Crippen molar-refractivity contribution in [2.24, 2.45) is 16.8 Å². The molecule has 278 valence electrons. The first-order valence-electron chi connectivity index (χ1n) is 17.7. The van der Waals surface area contributed by atoms with Gasteiger partial charge in [0, 0.05) is 29.2 Å². The van der Waals surface area contributed by atoms with Crippen molar-refractivity contribution in [1.82, 2.24) is 19.9 Å². The maximum absolute atomic E-state index is 14.1. The molecule has 0 bridgehead atoms. The first kappa shape index (κ1) is 37.2. The molecular formula is C36H49N5O8S2. The van der Waals surface area contributed by atoms with Gasteiger partial charge in [-0.15, -0.1) is 11.8 Å². The van der Waals surface area contributed by atoms with E-state index in [0.29, 0.717) is 54.3 Å². The van der Waals surface area contributed by atoms with Crippen LogP contribution in [0.15, 0.2) is 23.2 Å². The quantitative estimate of drug-likeness (QED) is 0.329. The molecule has 4 aliphatic rings. The number of carbonyl (C=O) groups is 3. The molecule has 3 fully saturated rings. The predicted molar refractivity (Wildman–Crippen MR) is 196 cm³/mol. The van der Waals surface area contributed by atoms with Crippen LogP contribution in [0.4, 0.5) is 4.79 Å². The Bertz CT molecular complexity index is 1870. The zero-order chi connectivity index (χ0) is 37.0. The summed E-state index contributed by atoms with van der Waals surface area (Å²) in [5, 5.41) is 3.85. The summed E-state index contributed by atoms with van der Waals surface area (Å²) >= 11 is 1.65. The van der Waals surface area contributed by atoms with E-state index in [0.717, 1.165) is 21.7 Å². The van der Waals surface area contributed by atoms with Gasteiger partial charge >= 0.3 is 6.09 Å². The van der Waals surface area contributed by atoms with E-state index in [4.69, 9.17) is 24.2 Å². The van der Waals surface area contributed by atoms with Crippen molar-refractivity contribution in [2.45, 2.75) is 115 Å². The highest BCUT2D eigenvalue weighted by Crippen LogP contribution is 2.47. The van der Waals surface area contributed by atoms with Gasteiger partial charge in [-0.1, -0.05) is 27.2 Å². The molecule has 3 amide bonds. The van der Waals surface area contributed by atoms with E-state index in [1.54, 1.807) is 39.6 Å². The fourth-order valence-corrected chi connectivity index (χ4v) is 9.42. The number of methoxy groups -OCH3 is 1. The Kier molecular flexibility index (Phi) is 10.0. The number of benzene rings is 1. The summed E-state index contributed by atoms with van der Waals surface area (Å²) < 4.78 is 45.5. The van der Waals surface area contributed by atoms with Crippen LogP contribution in [-0.4, -0.2) is 95.2 Å². The lowest BCUT2D eigenvalue weighted by molar-refractivity contribution is -0.132. The highest BCUT2D eigenvalue weighted by molar-refractivity contribution is 8.14. The summed E-state index contributed by atoms with van der Waals surface area (Å²) in [4.78, 5) is 52.4. The van der Waals surface area contributed by atoms with E-state index in [-0.39, 0.29) is 24.9 Å². The number of fused-ring (bicyclic) bond motifs is 1. The number of hydrogen-bond donors (Lipinski definition) is 2. The third kappa shape index (κ3) is 7.65. The van der Waals surface area contributed by atoms with Crippen LogP contribution < -0.4 is 19.5 Å². The van der Waals surface area contributed by atoms with Crippen LogP contribution in [0.25, 0.3) is 10.9 Å². The fraction of sp³-hybridized carbons (Fsp3) is 0.639. The zero-order valence-electron chi connectivity index (χ0n) is 30.6. The van der Waals surface area contributed by atoms with Gasteiger partial charge in [0.05, 0.1) is 36.2 Å². The average molecular weight is 744 g/mol. The minimum atomic E-state index is -3.82. The van der Waals surface area contributed by atoms with Crippen molar-refractivity contribution in [3.05, 3.63) is 29.5 Å². The Labute approximate surface area is 304 Å².